The number of hydrogen-bond donors (Lipinski definition) is 3. The summed E-state index contributed by atoms with van der Waals surface area (Å²) in [5.74, 6) is -1.63. The number of rotatable bonds is 10. The van der Waals surface area contributed by atoms with E-state index in [0.717, 1.165) is 5.56 Å². The molecule has 1 rings (SSSR count). The number of urea groups is 1. The van der Waals surface area contributed by atoms with Crippen molar-refractivity contribution in [2.75, 3.05) is 13.1 Å². The molecule has 0 aromatic heterocycles. The Kier molecular flexibility index (Phi) is 9.11. The third-order valence-corrected chi connectivity index (χ3v) is 3.84. The average Bonchev–Trinajstić information content (AvgIpc) is 2.61. The number of carbonyl (C=O) groups excluding carboxylic acids is 2. The molecule has 1 aromatic carbocycles. The van der Waals surface area contributed by atoms with Crippen molar-refractivity contribution in [3.63, 3.8) is 0 Å². The maximum Gasteiger partial charge on any atom is 0.315 e. The topological polar surface area (TPSA) is 98.7 Å². The van der Waals surface area contributed by atoms with Crippen LogP contribution in [0.5, 0.6) is 0 Å². The molecule has 0 bridgehead atoms. The fraction of sp³-hybridized carbons (Fsp3) is 0.500. The predicted octanol–water partition coefficient (Wildman–Crippen LogP) is 2.12. The lowest BCUT2D eigenvalue weighted by Gasteiger charge is -2.26. The van der Waals surface area contributed by atoms with Gasteiger partial charge >= 0.3 is 12.0 Å². The van der Waals surface area contributed by atoms with E-state index >= 15 is 0 Å². The van der Waals surface area contributed by atoms with Crippen LogP contribution < -0.4 is 10.6 Å². The average molecular weight is 367 g/mol. The highest BCUT2D eigenvalue weighted by Gasteiger charge is 2.24. The molecule has 0 aliphatic carbocycles. The fourth-order valence-electron chi connectivity index (χ4n) is 2.42. The van der Waals surface area contributed by atoms with Gasteiger partial charge in [-0.05, 0) is 31.0 Å². The van der Waals surface area contributed by atoms with E-state index in [-0.39, 0.29) is 31.2 Å². The number of hydrogen-bond acceptors (Lipinski definition) is 3. The third-order valence-electron chi connectivity index (χ3n) is 3.84. The van der Waals surface area contributed by atoms with E-state index < -0.39 is 18.0 Å². The third kappa shape index (κ3) is 7.50. The van der Waals surface area contributed by atoms with Gasteiger partial charge in [0.15, 0.2) is 0 Å². The van der Waals surface area contributed by atoms with E-state index in [1.165, 1.54) is 17.0 Å². The number of likely N-dealkylation sites (N-methyl/N-ethyl adjacent to an activating group) is 1. The molecule has 7 nitrogen and oxygen atoms in total. The Hall–Kier alpha value is -2.64. The van der Waals surface area contributed by atoms with Gasteiger partial charge in [0.2, 0.25) is 5.91 Å². The largest absolute Gasteiger partial charge is 0.481 e. The molecule has 3 amide bonds. The maximum atomic E-state index is 12.9. The monoisotopic (exact) mass is 367 g/mol. The van der Waals surface area contributed by atoms with E-state index in [2.05, 4.69) is 10.6 Å². The molecule has 0 radical (unpaired) electrons. The summed E-state index contributed by atoms with van der Waals surface area (Å²) in [5, 5.41) is 14.1. The smallest absolute Gasteiger partial charge is 0.315 e. The van der Waals surface area contributed by atoms with Crippen LogP contribution in [-0.2, 0) is 16.1 Å². The zero-order valence-corrected chi connectivity index (χ0v) is 15.1. The van der Waals surface area contributed by atoms with Crippen molar-refractivity contribution in [1.29, 1.82) is 0 Å². The molecule has 1 unspecified atom stereocenters. The molecule has 1 aromatic rings. The lowest BCUT2D eigenvalue weighted by atomic mass is 10.1. The number of nitrogens with one attached hydrogen (secondary N) is 2. The number of amides is 3. The highest BCUT2D eigenvalue weighted by molar-refractivity contribution is 5.87. The Morgan fingerprint density at radius 1 is 1.19 bits per heavy atom. The van der Waals surface area contributed by atoms with Crippen LogP contribution >= 0.6 is 0 Å². The van der Waals surface area contributed by atoms with Crippen LogP contribution in [-0.4, -0.2) is 47.0 Å². The number of carboxylic acid groups (broad SMARTS) is 1. The van der Waals surface area contributed by atoms with Crippen molar-refractivity contribution in [1.82, 2.24) is 15.5 Å². The molecule has 26 heavy (non-hydrogen) atoms. The van der Waals surface area contributed by atoms with Gasteiger partial charge in [-0.3, -0.25) is 9.59 Å². The number of carboxylic acids is 1. The van der Waals surface area contributed by atoms with Gasteiger partial charge in [0.1, 0.15) is 11.9 Å². The van der Waals surface area contributed by atoms with Crippen molar-refractivity contribution >= 4 is 17.9 Å². The highest BCUT2D eigenvalue weighted by atomic mass is 19.1. The second-order valence-corrected chi connectivity index (χ2v) is 5.86. The summed E-state index contributed by atoms with van der Waals surface area (Å²) in [4.78, 5) is 36.8. The minimum atomic E-state index is -0.978. The van der Waals surface area contributed by atoms with Crippen LogP contribution in [0.4, 0.5) is 9.18 Å². The summed E-state index contributed by atoms with van der Waals surface area (Å²) in [6.07, 6.45) is 0.993. The molecular formula is C18H26FN3O4. The number of aliphatic carboxylic acids is 1. The fourth-order valence-corrected chi connectivity index (χ4v) is 2.42. The van der Waals surface area contributed by atoms with Crippen LogP contribution in [0.2, 0.25) is 0 Å². The molecule has 1 atom stereocenters. The van der Waals surface area contributed by atoms with Crippen molar-refractivity contribution < 1.29 is 23.9 Å². The molecule has 0 spiro atoms. The zero-order chi connectivity index (χ0) is 19.5. The molecule has 8 heteroatoms. The number of carbonyl (C=O) groups is 3. The van der Waals surface area contributed by atoms with Crippen LogP contribution in [0.3, 0.4) is 0 Å². The molecule has 0 saturated carbocycles. The maximum absolute atomic E-state index is 12.9. The Labute approximate surface area is 152 Å². The number of benzene rings is 1. The van der Waals surface area contributed by atoms with E-state index in [0.29, 0.717) is 19.4 Å². The van der Waals surface area contributed by atoms with Crippen molar-refractivity contribution in [3.8, 4) is 0 Å². The lowest BCUT2D eigenvalue weighted by Crippen LogP contribution is -2.51. The van der Waals surface area contributed by atoms with Crippen LogP contribution in [0.1, 0.15) is 38.7 Å². The second-order valence-electron chi connectivity index (χ2n) is 5.86. The Morgan fingerprint density at radius 2 is 1.85 bits per heavy atom. The van der Waals surface area contributed by atoms with E-state index in [1.807, 2.05) is 6.92 Å². The summed E-state index contributed by atoms with van der Waals surface area (Å²) in [5.41, 5.74) is 0.733. The Morgan fingerprint density at radius 3 is 2.38 bits per heavy atom. The van der Waals surface area contributed by atoms with Gasteiger partial charge in [0, 0.05) is 19.6 Å². The van der Waals surface area contributed by atoms with Gasteiger partial charge in [0.25, 0.3) is 0 Å². The standard InChI is InChI=1S/C18H26FN3O4/c1-3-5-15(17(25)22(4-2)11-10-16(23)24)21-18(26)20-12-13-6-8-14(19)9-7-13/h6-9,15H,3-5,10-12H2,1-2H3,(H,23,24)(H2,20,21,26). The molecule has 0 saturated heterocycles. The van der Waals surface area contributed by atoms with E-state index in [9.17, 15) is 18.8 Å². The zero-order valence-electron chi connectivity index (χ0n) is 15.1. The van der Waals surface area contributed by atoms with Gasteiger partial charge < -0.3 is 20.6 Å². The first-order chi connectivity index (χ1) is 12.4. The normalized spacial score (nSPS) is 11.5. The molecule has 0 aliphatic rings. The summed E-state index contributed by atoms with van der Waals surface area (Å²) in [7, 11) is 0. The molecule has 144 valence electrons. The van der Waals surface area contributed by atoms with E-state index in [4.69, 9.17) is 5.11 Å². The van der Waals surface area contributed by atoms with Crippen molar-refractivity contribution in [2.24, 2.45) is 0 Å². The van der Waals surface area contributed by atoms with Crippen LogP contribution in [0, 0.1) is 5.82 Å². The summed E-state index contributed by atoms with van der Waals surface area (Å²) >= 11 is 0. The highest BCUT2D eigenvalue weighted by Crippen LogP contribution is 2.05. The molecule has 0 aliphatic heterocycles. The minimum Gasteiger partial charge on any atom is -0.481 e. The quantitative estimate of drug-likeness (QED) is 0.590. The molecular weight excluding hydrogens is 341 g/mol. The van der Waals surface area contributed by atoms with Crippen molar-refractivity contribution in [3.05, 3.63) is 35.6 Å². The SMILES string of the molecule is CCCC(NC(=O)NCc1ccc(F)cc1)C(=O)N(CC)CCC(=O)O. The first-order valence-electron chi connectivity index (χ1n) is 8.66. The van der Waals surface area contributed by atoms with E-state index in [1.54, 1.807) is 19.1 Å². The first-order valence-corrected chi connectivity index (χ1v) is 8.66. The minimum absolute atomic E-state index is 0.101. The summed E-state index contributed by atoms with van der Waals surface area (Å²) in [6, 6.07) is 4.52. The number of halogens is 1. The second kappa shape index (κ2) is 11.1. The van der Waals surface area contributed by atoms with Gasteiger partial charge in [0.05, 0.1) is 6.42 Å². The van der Waals surface area contributed by atoms with Gasteiger partial charge in [-0.15, -0.1) is 0 Å². The van der Waals surface area contributed by atoms with Gasteiger partial charge in [-0.1, -0.05) is 25.5 Å². The summed E-state index contributed by atoms with van der Waals surface area (Å²) < 4.78 is 12.9. The molecule has 0 fully saturated rings. The van der Waals surface area contributed by atoms with Crippen LogP contribution in [0.25, 0.3) is 0 Å². The Bertz CT molecular complexity index is 607. The van der Waals surface area contributed by atoms with Crippen molar-refractivity contribution in [2.45, 2.75) is 45.7 Å². The van der Waals surface area contributed by atoms with Crippen LogP contribution in [0.15, 0.2) is 24.3 Å². The summed E-state index contributed by atoms with van der Waals surface area (Å²) in [6.45, 7) is 4.33. The predicted molar refractivity (Wildman–Crippen MR) is 95.0 cm³/mol. The first kappa shape index (κ1) is 21.4. The van der Waals surface area contributed by atoms with Gasteiger partial charge in [-0.2, -0.15) is 0 Å². The lowest BCUT2D eigenvalue weighted by molar-refractivity contribution is -0.139. The Balaban J connectivity index is 2.61. The molecule has 0 heterocycles. The van der Waals surface area contributed by atoms with Gasteiger partial charge in [-0.25, -0.2) is 9.18 Å². The number of nitrogens with zero attached hydrogens (tertiary/aromatic N) is 1. The molecule has 3 N–H and O–H groups in total.